The monoisotopic (exact) mass is 292 g/mol. The fraction of sp³-hybridized carbons (Fsp3) is 0.154. The predicted octanol–water partition coefficient (Wildman–Crippen LogP) is 2.68. The van der Waals surface area contributed by atoms with Crippen molar-refractivity contribution in [3.8, 4) is 11.5 Å². The Morgan fingerprint density at radius 3 is 2.90 bits per heavy atom. The van der Waals surface area contributed by atoms with Gasteiger partial charge in [-0.2, -0.15) is 5.10 Å². The van der Waals surface area contributed by atoms with Crippen LogP contribution in [-0.4, -0.2) is 27.9 Å². The number of benzene rings is 1. The molecule has 6 nitrogen and oxygen atoms in total. The number of nitrogens with zero attached hydrogens (tertiary/aromatic N) is 3. The minimum Gasteiger partial charge on any atom is -0.507 e. The van der Waals surface area contributed by atoms with Gasteiger partial charge >= 0.3 is 0 Å². The van der Waals surface area contributed by atoms with Crippen LogP contribution in [0.3, 0.4) is 0 Å². The van der Waals surface area contributed by atoms with E-state index in [0.29, 0.717) is 23.7 Å². The fourth-order valence-electron chi connectivity index (χ4n) is 1.45. The third-order valence-corrected chi connectivity index (χ3v) is 2.62. The molecule has 20 heavy (non-hydrogen) atoms. The number of rotatable bonds is 5. The molecule has 1 aromatic carbocycles. The van der Waals surface area contributed by atoms with Gasteiger partial charge in [0.2, 0.25) is 0 Å². The van der Waals surface area contributed by atoms with Crippen LogP contribution in [-0.2, 0) is 0 Å². The number of hydrazone groups is 1. The van der Waals surface area contributed by atoms with Gasteiger partial charge in [-0.3, -0.25) is 5.43 Å². The van der Waals surface area contributed by atoms with Crippen molar-refractivity contribution < 1.29 is 9.84 Å². The van der Waals surface area contributed by atoms with Crippen LogP contribution in [0, 0.1) is 0 Å². The highest BCUT2D eigenvalue weighted by Crippen LogP contribution is 2.22. The first-order chi connectivity index (χ1) is 9.70. The molecule has 0 saturated carbocycles. The van der Waals surface area contributed by atoms with E-state index >= 15 is 0 Å². The van der Waals surface area contributed by atoms with Crippen molar-refractivity contribution in [3.05, 3.63) is 41.3 Å². The molecule has 0 bridgehead atoms. The molecule has 0 fully saturated rings. The first-order valence-electron chi connectivity index (χ1n) is 5.92. The van der Waals surface area contributed by atoms with Gasteiger partial charge < -0.3 is 9.84 Å². The number of phenolic OH excluding ortho intramolecular Hbond substituents is 1. The Morgan fingerprint density at radius 2 is 2.20 bits per heavy atom. The van der Waals surface area contributed by atoms with Gasteiger partial charge in [0.15, 0.2) is 11.0 Å². The number of phenols is 1. The standard InChI is InChI=1S/C13H13ClN4O2/c1-2-20-10-4-3-9(11(19)7-10)8-17-18-13-12(14)15-5-6-16-13/h3-8,19H,2H2,1H3,(H,16,18)/b17-8+. The van der Waals surface area contributed by atoms with Crippen molar-refractivity contribution in [2.24, 2.45) is 5.10 Å². The Kier molecular flexibility index (Phi) is 4.73. The number of halogens is 1. The van der Waals surface area contributed by atoms with Crippen molar-refractivity contribution >= 4 is 23.6 Å². The summed E-state index contributed by atoms with van der Waals surface area (Å²) < 4.78 is 5.28. The van der Waals surface area contributed by atoms with Gasteiger partial charge in [-0.1, -0.05) is 11.6 Å². The molecule has 0 radical (unpaired) electrons. The zero-order valence-corrected chi connectivity index (χ0v) is 11.5. The van der Waals surface area contributed by atoms with E-state index in [9.17, 15) is 5.11 Å². The van der Waals surface area contributed by atoms with Crippen LogP contribution >= 0.6 is 11.6 Å². The average Bonchev–Trinajstić information content (AvgIpc) is 2.43. The van der Waals surface area contributed by atoms with Crippen LogP contribution in [0.5, 0.6) is 11.5 Å². The van der Waals surface area contributed by atoms with Crippen LogP contribution < -0.4 is 10.2 Å². The van der Waals surface area contributed by atoms with Gasteiger partial charge in [0.25, 0.3) is 0 Å². The number of hydrogen-bond donors (Lipinski definition) is 2. The quantitative estimate of drug-likeness (QED) is 0.654. The molecule has 0 atom stereocenters. The summed E-state index contributed by atoms with van der Waals surface area (Å²) in [4.78, 5) is 7.82. The van der Waals surface area contributed by atoms with Gasteiger partial charge in [-0.05, 0) is 19.1 Å². The molecule has 0 unspecified atom stereocenters. The van der Waals surface area contributed by atoms with Crippen molar-refractivity contribution in [3.63, 3.8) is 0 Å². The fourth-order valence-corrected chi connectivity index (χ4v) is 1.60. The second-order valence-corrected chi connectivity index (χ2v) is 4.08. The normalized spacial score (nSPS) is 10.7. The average molecular weight is 293 g/mol. The summed E-state index contributed by atoms with van der Waals surface area (Å²) in [6.45, 7) is 2.42. The summed E-state index contributed by atoms with van der Waals surface area (Å²) in [6, 6.07) is 4.98. The van der Waals surface area contributed by atoms with E-state index in [1.54, 1.807) is 12.1 Å². The number of nitrogens with one attached hydrogen (secondary N) is 1. The molecule has 1 heterocycles. The van der Waals surface area contributed by atoms with Gasteiger partial charge in [-0.25, -0.2) is 9.97 Å². The van der Waals surface area contributed by atoms with Crippen LogP contribution in [0.25, 0.3) is 0 Å². The van der Waals surface area contributed by atoms with E-state index in [1.807, 2.05) is 6.92 Å². The topological polar surface area (TPSA) is 79.6 Å². The molecular weight excluding hydrogens is 280 g/mol. The maximum absolute atomic E-state index is 9.82. The van der Waals surface area contributed by atoms with Crippen molar-refractivity contribution in [2.45, 2.75) is 6.92 Å². The lowest BCUT2D eigenvalue weighted by Crippen LogP contribution is -1.96. The summed E-state index contributed by atoms with van der Waals surface area (Å²) in [5, 5.41) is 14.0. The Morgan fingerprint density at radius 1 is 1.40 bits per heavy atom. The summed E-state index contributed by atoms with van der Waals surface area (Å²) in [7, 11) is 0. The third-order valence-electron chi connectivity index (χ3n) is 2.34. The molecule has 2 aromatic rings. The lowest BCUT2D eigenvalue weighted by molar-refractivity contribution is 0.337. The Bertz CT molecular complexity index is 619. The molecular formula is C13H13ClN4O2. The highest BCUT2D eigenvalue weighted by Gasteiger charge is 2.02. The second kappa shape index (κ2) is 6.72. The summed E-state index contributed by atoms with van der Waals surface area (Å²) in [5.74, 6) is 1.02. The van der Waals surface area contributed by atoms with Crippen molar-refractivity contribution in [1.82, 2.24) is 9.97 Å². The lowest BCUT2D eigenvalue weighted by Gasteiger charge is -2.05. The predicted molar refractivity (Wildman–Crippen MR) is 77.5 cm³/mol. The molecule has 0 aliphatic heterocycles. The highest BCUT2D eigenvalue weighted by atomic mass is 35.5. The lowest BCUT2D eigenvalue weighted by atomic mass is 10.2. The molecule has 7 heteroatoms. The molecule has 0 aliphatic carbocycles. The molecule has 0 saturated heterocycles. The molecule has 0 amide bonds. The molecule has 0 spiro atoms. The Hall–Kier alpha value is -2.34. The van der Waals surface area contributed by atoms with Gasteiger partial charge in [0.05, 0.1) is 12.8 Å². The minimum atomic E-state index is 0.0757. The van der Waals surface area contributed by atoms with Gasteiger partial charge in [0.1, 0.15) is 11.5 Å². The summed E-state index contributed by atoms with van der Waals surface area (Å²) >= 11 is 5.82. The maximum Gasteiger partial charge on any atom is 0.184 e. The van der Waals surface area contributed by atoms with E-state index in [1.165, 1.54) is 24.7 Å². The summed E-state index contributed by atoms with van der Waals surface area (Å²) in [5.41, 5.74) is 3.19. The van der Waals surface area contributed by atoms with Crippen molar-refractivity contribution in [1.29, 1.82) is 0 Å². The van der Waals surface area contributed by atoms with Crippen LogP contribution in [0.4, 0.5) is 5.82 Å². The molecule has 1 aromatic heterocycles. The SMILES string of the molecule is CCOc1ccc(/C=N/Nc2nccnc2Cl)c(O)c1. The minimum absolute atomic E-state index is 0.0757. The maximum atomic E-state index is 9.82. The molecule has 0 aliphatic rings. The zero-order valence-electron chi connectivity index (χ0n) is 10.7. The smallest absolute Gasteiger partial charge is 0.184 e. The third kappa shape index (κ3) is 3.58. The number of aromatic nitrogens is 2. The van der Waals surface area contributed by atoms with E-state index in [-0.39, 0.29) is 10.9 Å². The van der Waals surface area contributed by atoms with Crippen LogP contribution in [0.1, 0.15) is 12.5 Å². The highest BCUT2D eigenvalue weighted by molar-refractivity contribution is 6.31. The first kappa shape index (κ1) is 14.1. The van der Waals surface area contributed by atoms with E-state index in [0.717, 1.165) is 0 Å². The number of ether oxygens (including phenoxy) is 1. The van der Waals surface area contributed by atoms with E-state index in [4.69, 9.17) is 16.3 Å². The second-order valence-electron chi connectivity index (χ2n) is 3.72. The Balaban J connectivity index is 2.06. The number of anilines is 1. The molecule has 2 N–H and O–H groups in total. The van der Waals surface area contributed by atoms with E-state index < -0.39 is 0 Å². The largest absolute Gasteiger partial charge is 0.507 e. The van der Waals surface area contributed by atoms with Gasteiger partial charge in [-0.15, -0.1) is 0 Å². The molecule has 104 valence electrons. The zero-order chi connectivity index (χ0) is 14.4. The van der Waals surface area contributed by atoms with Gasteiger partial charge in [0, 0.05) is 24.0 Å². The van der Waals surface area contributed by atoms with Crippen LogP contribution in [0.2, 0.25) is 5.15 Å². The molecule has 2 rings (SSSR count). The van der Waals surface area contributed by atoms with Crippen LogP contribution in [0.15, 0.2) is 35.7 Å². The van der Waals surface area contributed by atoms with E-state index in [2.05, 4.69) is 20.5 Å². The Labute approximate surface area is 121 Å². The first-order valence-corrected chi connectivity index (χ1v) is 6.30. The number of aromatic hydroxyl groups is 1. The number of hydrogen-bond acceptors (Lipinski definition) is 6. The van der Waals surface area contributed by atoms with Crippen molar-refractivity contribution in [2.75, 3.05) is 12.0 Å². The summed E-state index contributed by atoms with van der Waals surface area (Å²) in [6.07, 6.45) is 4.43.